The highest BCUT2D eigenvalue weighted by atomic mass is 79.9. The molecule has 0 aliphatic rings. The van der Waals surface area contributed by atoms with Crippen LogP contribution in [0, 0.1) is 0 Å². The Balaban J connectivity index is 1.95. The Morgan fingerprint density at radius 2 is 2.12 bits per heavy atom. The average molecular weight is 313 g/mol. The van der Waals surface area contributed by atoms with Crippen molar-refractivity contribution in [1.82, 2.24) is 9.55 Å². The van der Waals surface area contributed by atoms with Gasteiger partial charge in [0.15, 0.2) is 5.16 Å². The van der Waals surface area contributed by atoms with Crippen molar-refractivity contribution in [3.63, 3.8) is 0 Å². The molecule has 2 aromatic rings. The van der Waals surface area contributed by atoms with E-state index in [9.17, 15) is 5.11 Å². The van der Waals surface area contributed by atoms with Crippen LogP contribution in [0.3, 0.4) is 0 Å². The molecule has 0 fully saturated rings. The maximum absolute atomic E-state index is 10.0. The quantitative estimate of drug-likeness (QED) is 0.882. The van der Waals surface area contributed by atoms with Gasteiger partial charge >= 0.3 is 0 Å². The first kappa shape index (κ1) is 12.7. The van der Waals surface area contributed by atoms with Gasteiger partial charge in [0.2, 0.25) is 0 Å². The van der Waals surface area contributed by atoms with Crippen LogP contribution in [0.5, 0.6) is 0 Å². The number of hydrogen-bond donors (Lipinski definition) is 1. The van der Waals surface area contributed by atoms with E-state index in [0.29, 0.717) is 5.75 Å². The second kappa shape index (κ2) is 5.71. The van der Waals surface area contributed by atoms with Gasteiger partial charge in [0.25, 0.3) is 0 Å². The van der Waals surface area contributed by atoms with Crippen molar-refractivity contribution in [3.8, 4) is 0 Å². The molecule has 2 rings (SSSR count). The number of aliphatic hydroxyl groups is 1. The fourth-order valence-electron chi connectivity index (χ4n) is 1.43. The summed E-state index contributed by atoms with van der Waals surface area (Å²) in [6, 6.07) is 7.72. The summed E-state index contributed by atoms with van der Waals surface area (Å²) >= 11 is 4.93. The number of thioether (sulfide) groups is 1. The molecule has 0 aliphatic carbocycles. The van der Waals surface area contributed by atoms with Gasteiger partial charge in [-0.15, -0.1) is 0 Å². The summed E-state index contributed by atoms with van der Waals surface area (Å²) in [4.78, 5) is 4.20. The molecule has 1 aromatic carbocycles. The summed E-state index contributed by atoms with van der Waals surface area (Å²) in [5, 5.41) is 10.9. The molecule has 0 radical (unpaired) electrons. The van der Waals surface area contributed by atoms with E-state index >= 15 is 0 Å². The first-order valence-corrected chi connectivity index (χ1v) is 6.98. The minimum atomic E-state index is -0.468. The lowest BCUT2D eigenvalue weighted by atomic mass is 10.1. The van der Waals surface area contributed by atoms with Crippen molar-refractivity contribution in [2.75, 3.05) is 5.75 Å². The Labute approximate surface area is 113 Å². The first-order valence-electron chi connectivity index (χ1n) is 5.20. The number of benzene rings is 1. The van der Waals surface area contributed by atoms with Crippen molar-refractivity contribution in [2.45, 2.75) is 11.3 Å². The number of aliphatic hydroxyl groups excluding tert-OH is 1. The van der Waals surface area contributed by atoms with Gasteiger partial charge in [-0.05, 0) is 17.7 Å². The lowest BCUT2D eigenvalue weighted by Crippen LogP contribution is -2.01. The van der Waals surface area contributed by atoms with E-state index in [1.165, 1.54) is 0 Å². The summed E-state index contributed by atoms with van der Waals surface area (Å²) < 4.78 is 2.96. The molecule has 1 unspecified atom stereocenters. The third kappa shape index (κ3) is 3.34. The predicted molar refractivity (Wildman–Crippen MR) is 73.0 cm³/mol. The van der Waals surface area contributed by atoms with Crippen molar-refractivity contribution in [2.24, 2.45) is 7.05 Å². The van der Waals surface area contributed by atoms with Crippen LogP contribution in [0.15, 0.2) is 46.3 Å². The highest BCUT2D eigenvalue weighted by Crippen LogP contribution is 2.24. The zero-order valence-electron chi connectivity index (χ0n) is 9.38. The Hall–Kier alpha value is -0.780. The molecule has 0 amide bonds. The van der Waals surface area contributed by atoms with Crippen molar-refractivity contribution < 1.29 is 5.11 Å². The predicted octanol–water partition coefficient (Wildman–Crippen LogP) is 3.01. The lowest BCUT2D eigenvalue weighted by Gasteiger charge is -2.10. The Kier molecular flexibility index (Phi) is 4.25. The first-order chi connectivity index (χ1) is 8.16. The second-order valence-electron chi connectivity index (χ2n) is 3.70. The summed E-state index contributed by atoms with van der Waals surface area (Å²) in [6.07, 6.45) is 3.19. The third-order valence-electron chi connectivity index (χ3n) is 2.40. The van der Waals surface area contributed by atoms with Crippen LogP contribution in [-0.2, 0) is 7.05 Å². The molecule has 0 spiro atoms. The molecule has 0 saturated heterocycles. The molecule has 17 heavy (non-hydrogen) atoms. The fraction of sp³-hybridized carbons (Fsp3) is 0.250. The van der Waals surface area contributed by atoms with Crippen LogP contribution in [0.4, 0.5) is 0 Å². The van der Waals surface area contributed by atoms with Gasteiger partial charge in [-0.25, -0.2) is 4.98 Å². The van der Waals surface area contributed by atoms with Gasteiger partial charge in [-0.2, -0.15) is 0 Å². The average Bonchev–Trinajstić information content (AvgIpc) is 2.73. The third-order valence-corrected chi connectivity index (χ3v) is 4.06. The number of halogens is 1. The zero-order valence-corrected chi connectivity index (χ0v) is 11.8. The van der Waals surface area contributed by atoms with E-state index in [1.54, 1.807) is 18.0 Å². The number of nitrogens with zero attached hydrogens (tertiary/aromatic N) is 2. The van der Waals surface area contributed by atoms with Crippen LogP contribution in [0.25, 0.3) is 0 Å². The van der Waals surface area contributed by atoms with Crippen LogP contribution in [-0.4, -0.2) is 20.4 Å². The molecule has 1 aromatic heterocycles. The molecule has 90 valence electrons. The zero-order chi connectivity index (χ0) is 12.3. The van der Waals surface area contributed by atoms with Crippen molar-refractivity contribution >= 4 is 27.7 Å². The van der Waals surface area contributed by atoms with Gasteiger partial charge in [0.1, 0.15) is 0 Å². The standard InChI is InChI=1S/C12H13BrN2OS/c1-15-7-6-14-12(15)17-8-11(16)9-2-4-10(13)5-3-9/h2-7,11,16H,8H2,1H3. The molecule has 1 heterocycles. The minimum absolute atomic E-state index is 0.468. The van der Waals surface area contributed by atoms with Crippen LogP contribution < -0.4 is 0 Å². The summed E-state index contributed by atoms with van der Waals surface area (Å²) in [5.41, 5.74) is 0.926. The van der Waals surface area contributed by atoms with Gasteiger partial charge in [-0.1, -0.05) is 39.8 Å². The largest absolute Gasteiger partial charge is 0.388 e. The molecule has 0 bridgehead atoms. The van der Waals surface area contributed by atoms with E-state index in [4.69, 9.17) is 0 Å². The lowest BCUT2D eigenvalue weighted by molar-refractivity contribution is 0.204. The molecule has 0 aliphatic heterocycles. The smallest absolute Gasteiger partial charge is 0.167 e. The summed E-state index contributed by atoms with van der Waals surface area (Å²) in [7, 11) is 1.95. The minimum Gasteiger partial charge on any atom is -0.388 e. The van der Waals surface area contributed by atoms with E-state index in [-0.39, 0.29) is 0 Å². The van der Waals surface area contributed by atoms with Crippen LogP contribution in [0.1, 0.15) is 11.7 Å². The summed E-state index contributed by atoms with van der Waals surface area (Å²) in [6.45, 7) is 0. The second-order valence-corrected chi connectivity index (χ2v) is 5.60. The number of aromatic nitrogens is 2. The Bertz CT molecular complexity index is 484. The number of aryl methyl sites for hydroxylation is 1. The van der Waals surface area contributed by atoms with E-state index in [2.05, 4.69) is 20.9 Å². The van der Waals surface area contributed by atoms with Gasteiger partial charge in [-0.3, -0.25) is 0 Å². The topological polar surface area (TPSA) is 38.0 Å². The highest BCUT2D eigenvalue weighted by molar-refractivity contribution is 9.10. The van der Waals surface area contributed by atoms with Gasteiger partial charge < -0.3 is 9.67 Å². The number of rotatable bonds is 4. The molecule has 5 heteroatoms. The van der Waals surface area contributed by atoms with Crippen molar-refractivity contribution in [1.29, 1.82) is 0 Å². The van der Waals surface area contributed by atoms with Gasteiger partial charge in [0, 0.05) is 29.7 Å². The SMILES string of the molecule is Cn1ccnc1SCC(O)c1ccc(Br)cc1. The Morgan fingerprint density at radius 3 is 2.71 bits per heavy atom. The van der Waals surface area contributed by atoms with Crippen LogP contribution >= 0.6 is 27.7 Å². The van der Waals surface area contributed by atoms with Gasteiger partial charge in [0.05, 0.1) is 6.10 Å². The molecular weight excluding hydrogens is 300 g/mol. The van der Waals surface area contributed by atoms with Crippen LogP contribution in [0.2, 0.25) is 0 Å². The molecular formula is C12H13BrN2OS. The highest BCUT2D eigenvalue weighted by Gasteiger charge is 2.09. The summed E-state index contributed by atoms with van der Waals surface area (Å²) in [5.74, 6) is 0.604. The Morgan fingerprint density at radius 1 is 1.41 bits per heavy atom. The molecule has 0 saturated carbocycles. The van der Waals surface area contributed by atoms with E-state index in [1.807, 2.05) is 42.1 Å². The fourth-order valence-corrected chi connectivity index (χ4v) is 2.59. The number of hydrogen-bond acceptors (Lipinski definition) is 3. The monoisotopic (exact) mass is 312 g/mol. The normalized spacial score (nSPS) is 12.6. The molecule has 1 atom stereocenters. The van der Waals surface area contributed by atoms with E-state index in [0.717, 1.165) is 15.2 Å². The maximum atomic E-state index is 10.0. The molecule has 3 nitrogen and oxygen atoms in total. The van der Waals surface area contributed by atoms with E-state index < -0.39 is 6.10 Å². The number of imidazole rings is 1. The molecule has 1 N–H and O–H groups in total. The maximum Gasteiger partial charge on any atom is 0.167 e. The van der Waals surface area contributed by atoms with Crippen molar-refractivity contribution in [3.05, 3.63) is 46.7 Å².